The van der Waals surface area contributed by atoms with E-state index in [1.807, 2.05) is 0 Å². The number of hydrogen-bond donors (Lipinski definition) is 3. The molecule has 1 unspecified atom stereocenters. The molecule has 4 nitrogen and oxygen atoms in total. The summed E-state index contributed by atoms with van der Waals surface area (Å²) >= 11 is 0. The molecule has 0 aromatic carbocycles. The van der Waals surface area contributed by atoms with Gasteiger partial charge in [0.25, 0.3) is 0 Å². The Morgan fingerprint density at radius 2 is 1.20 bits per heavy atom. The van der Waals surface area contributed by atoms with Gasteiger partial charge in [-0.25, -0.2) is 0 Å². The minimum atomic E-state index is 0.268. The average Bonchev–Trinajstić information content (AvgIpc) is 2.69. The standard InChI is InChI=1S/C10H21N.C9H20N2.C7H15N/c1-10(2,3)11-9-7-5-4-6-8-9;1-9(2,3)11-8-5-4-6-10-7-8;1-2-8-6-4-3-5-7-8/h9,11H,4-8H2,1-3H3;8,10-11H,4-7H2,1-3H3;2-7H2,1H3. The summed E-state index contributed by atoms with van der Waals surface area (Å²) in [6, 6.07) is 1.48. The molecule has 2 saturated heterocycles. The van der Waals surface area contributed by atoms with Gasteiger partial charge in [0.2, 0.25) is 0 Å². The Kier molecular flexibility index (Phi) is 13.8. The van der Waals surface area contributed by atoms with Crippen LogP contribution >= 0.6 is 0 Å². The number of piperidine rings is 2. The van der Waals surface area contributed by atoms with Gasteiger partial charge in [-0.2, -0.15) is 0 Å². The smallest absolute Gasteiger partial charge is 0.0197 e. The first kappa shape index (κ1) is 27.9. The van der Waals surface area contributed by atoms with Gasteiger partial charge >= 0.3 is 0 Å². The zero-order valence-corrected chi connectivity index (χ0v) is 21.7. The van der Waals surface area contributed by atoms with Gasteiger partial charge < -0.3 is 20.9 Å². The topological polar surface area (TPSA) is 39.3 Å². The molecule has 2 aliphatic heterocycles. The second-order valence-electron chi connectivity index (χ2n) is 11.7. The first-order valence-electron chi connectivity index (χ1n) is 13.1. The third-order valence-electron chi connectivity index (χ3n) is 6.07. The van der Waals surface area contributed by atoms with E-state index in [0.29, 0.717) is 11.6 Å². The maximum atomic E-state index is 3.66. The van der Waals surface area contributed by atoms with Crippen molar-refractivity contribution in [1.29, 1.82) is 0 Å². The molecule has 2 heterocycles. The fraction of sp³-hybridized carbons (Fsp3) is 1.00. The van der Waals surface area contributed by atoms with Crippen LogP contribution in [0.25, 0.3) is 0 Å². The van der Waals surface area contributed by atoms with Crippen molar-refractivity contribution in [3.8, 4) is 0 Å². The molecule has 180 valence electrons. The monoisotopic (exact) mass is 424 g/mol. The Hall–Kier alpha value is -0.160. The minimum Gasteiger partial charge on any atom is -0.315 e. The van der Waals surface area contributed by atoms with Crippen LogP contribution < -0.4 is 16.0 Å². The Bertz CT molecular complexity index is 362. The summed E-state index contributed by atoms with van der Waals surface area (Å²) in [6.07, 6.45) is 14.0. The normalized spacial score (nSPS) is 24.3. The lowest BCUT2D eigenvalue weighted by Crippen LogP contribution is -2.50. The highest BCUT2D eigenvalue weighted by Gasteiger charge is 2.19. The number of hydrogen-bond acceptors (Lipinski definition) is 4. The third-order valence-corrected chi connectivity index (χ3v) is 6.07. The van der Waals surface area contributed by atoms with E-state index in [2.05, 4.69) is 69.3 Å². The number of nitrogens with one attached hydrogen (secondary N) is 3. The molecule has 0 aromatic rings. The third kappa shape index (κ3) is 15.6. The lowest BCUT2D eigenvalue weighted by Gasteiger charge is -2.31. The van der Waals surface area contributed by atoms with E-state index in [0.717, 1.165) is 12.6 Å². The van der Waals surface area contributed by atoms with Crippen LogP contribution in [0.2, 0.25) is 0 Å². The molecule has 4 heteroatoms. The molecule has 1 aliphatic carbocycles. The lowest BCUT2D eigenvalue weighted by molar-refractivity contribution is 0.240. The molecule has 0 amide bonds. The summed E-state index contributed by atoms with van der Waals surface area (Å²) in [4.78, 5) is 2.52. The average molecular weight is 425 g/mol. The SMILES string of the molecule is CC(C)(C)NC1CCCCC1.CC(C)(C)NC1CCCNC1.CCN1CCCCC1. The zero-order valence-electron chi connectivity index (χ0n) is 21.7. The fourth-order valence-electron chi connectivity index (χ4n) is 4.72. The summed E-state index contributed by atoms with van der Waals surface area (Å²) in [5.41, 5.74) is 0.575. The summed E-state index contributed by atoms with van der Waals surface area (Å²) in [5.74, 6) is 0. The van der Waals surface area contributed by atoms with Gasteiger partial charge in [-0.3, -0.25) is 0 Å². The number of nitrogens with zero attached hydrogens (tertiary/aromatic N) is 1. The van der Waals surface area contributed by atoms with Crippen molar-refractivity contribution in [1.82, 2.24) is 20.9 Å². The molecule has 30 heavy (non-hydrogen) atoms. The molecule has 0 bridgehead atoms. The van der Waals surface area contributed by atoms with E-state index in [9.17, 15) is 0 Å². The molecule has 0 spiro atoms. The van der Waals surface area contributed by atoms with Crippen LogP contribution in [0, 0.1) is 0 Å². The zero-order chi connectivity index (χ0) is 22.5. The molecule has 3 aliphatic rings. The first-order chi connectivity index (χ1) is 14.1. The molecule has 3 fully saturated rings. The number of likely N-dealkylation sites (tertiary alicyclic amines) is 1. The Balaban J connectivity index is 0.000000228. The maximum absolute atomic E-state index is 3.66. The molecule has 3 rings (SSSR count). The Morgan fingerprint density at radius 3 is 1.63 bits per heavy atom. The van der Waals surface area contributed by atoms with Crippen LogP contribution in [0.1, 0.15) is 113 Å². The van der Waals surface area contributed by atoms with Crippen molar-refractivity contribution < 1.29 is 0 Å². The summed E-state index contributed by atoms with van der Waals surface area (Å²) in [6.45, 7) is 21.9. The second-order valence-corrected chi connectivity index (χ2v) is 11.7. The van der Waals surface area contributed by atoms with Gasteiger partial charge in [0.1, 0.15) is 0 Å². The minimum absolute atomic E-state index is 0.268. The van der Waals surface area contributed by atoms with Crippen LogP contribution in [-0.2, 0) is 0 Å². The van der Waals surface area contributed by atoms with E-state index in [1.54, 1.807) is 0 Å². The molecule has 3 N–H and O–H groups in total. The highest BCUT2D eigenvalue weighted by molar-refractivity contribution is 4.82. The van der Waals surface area contributed by atoms with Crippen LogP contribution in [0.5, 0.6) is 0 Å². The molecular formula is C26H56N4. The quantitative estimate of drug-likeness (QED) is 0.573. The highest BCUT2D eigenvalue weighted by Crippen LogP contribution is 2.19. The summed E-state index contributed by atoms with van der Waals surface area (Å²) < 4.78 is 0. The highest BCUT2D eigenvalue weighted by atomic mass is 15.1. The van der Waals surface area contributed by atoms with E-state index in [1.165, 1.54) is 90.4 Å². The van der Waals surface area contributed by atoms with Crippen molar-refractivity contribution in [3.05, 3.63) is 0 Å². The van der Waals surface area contributed by atoms with Crippen molar-refractivity contribution in [2.24, 2.45) is 0 Å². The van der Waals surface area contributed by atoms with Crippen LogP contribution in [0.15, 0.2) is 0 Å². The Morgan fingerprint density at radius 1 is 0.700 bits per heavy atom. The van der Waals surface area contributed by atoms with Gasteiger partial charge in [0, 0.05) is 29.7 Å². The van der Waals surface area contributed by atoms with Gasteiger partial charge in [-0.1, -0.05) is 32.6 Å². The van der Waals surface area contributed by atoms with Gasteiger partial charge in [-0.05, 0) is 106 Å². The maximum Gasteiger partial charge on any atom is 0.0197 e. The van der Waals surface area contributed by atoms with E-state index < -0.39 is 0 Å². The lowest BCUT2D eigenvalue weighted by atomic mass is 9.93. The summed E-state index contributed by atoms with van der Waals surface area (Å²) in [7, 11) is 0. The summed E-state index contributed by atoms with van der Waals surface area (Å²) in [5, 5.41) is 10.6. The fourth-order valence-corrected chi connectivity index (χ4v) is 4.72. The Labute approximate surface area is 189 Å². The largest absolute Gasteiger partial charge is 0.315 e. The van der Waals surface area contributed by atoms with Crippen LogP contribution in [0.4, 0.5) is 0 Å². The van der Waals surface area contributed by atoms with Gasteiger partial charge in [0.05, 0.1) is 0 Å². The van der Waals surface area contributed by atoms with Crippen molar-refractivity contribution in [3.63, 3.8) is 0 Å². The van der Waals surface area contributed by atoms with Gasteiger partial charge in [0.15, 0.2) is 0 Å². The van der Waals surface area contributed by atoms with E-state index in [4.69, 9.17) is 0 Å². The van der Waals surface area contributed by atoms with Crippen LogP contribution in [-0.4, -0.2) is 60.8 Å². The molecular weight excluding hydrogens is 368 g/mol. The van der Waals surface area contributed by atoms with Crippen LogP contribution in [0.3, 0.4) is 0 Å². The number of rotatable bonds is 3. The van der Waals surface area contributed by atoms with Gasteiger partial charge in [-0.15, -0.1) is 0 Å². The van der Waals surface area contributed by atoms with Crippen molar-refractivity contribution in [2.75, 3.05) is 32.7 Å². The first-order valence-corrected chi connectivity index (χ1v) is 13.1. The molecule has 1 atom stereocenters. The predicted molar refractivity (Wildman–Crippen MR) is 135 cm³/mol. The van der Waals surface area contributed by atoms with E-state index in [-0.39, 0.29) is 5.54 Å². The molecule has 1 saturated carbocycles. The van der Waals surface area contributed by atoms with Crippen molar-refractivity contribution >= 4 is 0 Å². The van der Waals surface area contributed by atoms with Crippen molar-refractivity contribution in [2.45, 2.75) is 136 Å². The molecule has 0 radical (unpaired) electrons. The predicted octanol–water partition coefficient (Wildman–Crippen LogP) is 5.33. The second kappa shape index (κ2) is 14.8. The molecule has 0 aromatic heterocycles. The van der Waals surface area contributed by atoms with E-state index >= 15 is 0 Å².